The Kier molecular flexibility index (Phi) is 11.0. The highest BCUT2D eigenvalue weighted by atomic mass is 16.6. The van der Waals surface area contributed by atoms with Crippen LogP contribution < -0.4 is 4.74 Å². The van der Waals surface area contributed by atoms with Crippen molar-refractivity contribution < 1.29 is 14.6 Å². The standard InChI is InChI=1S/C66H65N3O3/c1-63(2,3)44-26-28-53(50(35-44)39-19-14-13-15-20-39)69-54-23-18-22-47(59(54)68-62(69)51-36-46(65(7,8)9)37-52(60(51)70)66(10,11)12)42-32-43(34-45(33-42)64(4,5)6)58-48-27-25-41(31-40(48)29-30-67-58)56-38-57-61(72-56)49-21-16-17-24-55(49)71-57/h13-38,57,61,70H,1-12H3. The van der Waals surface area contributed by atoms with Crippen molar-refractivity contribution in [1.82, 2.24) is 14.5 Å². The third-order valence-corrected chi connectivity index (χ3v) is 14.7. The molecule has 9 aromatic rings. The number of ether oxygens (including phenoxy) is 2. The van der Waals surface area contributed by atoms with Crippen LogP contribution in [0.15, 0.2) is 158 Å². The summed E-state index contributed by atoms with van der Waals surface area (Å²) in [7, 11) is 0. The first-order valence-electron chi connectivity index (χ1n) is 25.4. The fourth-order valence-electron chi connectivity index (χ4n) is 10.5. The Hall–Kier alpha value is -7.44. The SMILES string of the molecule is CC(C)(C)c1cc(-c2nccc3cc(C4=CC5Oc6ccccc6C5O4)ccc23)cc(-c2cccc3c2nc(-c2cc(C(C)(C)C)cc(C(C)(C)C)c2O)n3-c2ccc(C(C)(C)C)cc2-c2ccccc2)c1. The van der Waals surface area contributed by atoms with E-state index in [2.05, 4.69) is 221 Å². The largest absolute Gasteiger partial charge is 0.507 e. The number of hydrogen-bond donors (Lipinski definition) is 1. The second-order valence-corrected chi connectivity index (χ2v) is 24.0. The molecular weight excluding hydrogens is 883 g/mol. The molecular formula is C66H65N3O3. The Balaban J connectivity index is 1.12. The topological polar surface area (TPSA) is 69.4 Å². The van der Waals surface area contributed by atoms with Gasteiger partial charge in [-0.15, -0.1) is 0 Å². The van der Waals surface area contributed by atoms with Crippen LogP contribution in [0, 0.1) is 0 Å². The van der Waals surface area contributed by atoms with Crippen molar-refractivity contribution in [3.05, 3.63) is 191 Å². The lowest BCUT2D eigenvalue weighted by Gasteiger charge is -2.28. The van der Waals surface area contributed by atoms with Gasteiger partial charge < -0.3 is 14.6 Å². The van der Waals surface area contributed by atoms with Crippen molar-refractivity contribution in [2.75, 3.05) is 0 Å². The Bertz CT molecular complexity index is 3640. The maximum absolute atomic E-state index is 12.6. The highest BCUT2D eigenvalue weighted by Gasteiger charge is 2.40. The van der Waals surface area contributed by atoms with Crippen molar-refractivity contribution in [3.8, 4) is 62.1 Å². The molecule has 2 aliphatic heterocycles. The van der Waals surface area contributed by atoms with Crippen LogP contribution in [0.1, 0.15) is 123 Å². The van der Waals surface area contributed by atoms with Gasteiger partial charge in [-0.2, -0.15) is 0 Å². The predicted molar refractivity (Wildman–Crippen MR) is 297 cm³/mol. The number of hydrogen-bond acceptors (Lipinski definition) is 5. The Labute approximate surface area is 425 Å². The minimum atomic E-state index is -0.338. The smallest absolute Gasteiger partial charge is 0.168 e. The summed E-state index contributed by atoms with van der Waals surface area (Å²) in [5, 5.41) is 14.8. The van der Waals surface area contributed by atoms with Gasteiger partial charge in [-0.1, -0.05) is 174 Å². The third kappa shape index (κ3) is 8.25. The van der Waals surface area contributed by atoms with E-state index in [4.69, 9.17) is 19.4 Å². The highest BCUT2D eigenvalue weighted by molar-refractivity contribution is 6.00. The quantitative estimate of drug-likeness (QED) is 0.180. The van der Waals surface area contributed by atoms with E-state index in [-0.39, 0.29) is 39.6 Å². The highest BCUT2D eigenvalue weighted by Crippen LogP contribution is 2.49. The van der Waals surface area contributed by atoms with Gasteiger partial charge in [0.05, 0.1) is 28.0 Å². The summed E-state index contributed by atoms with van der Waals surface area (Å²) in [4.78, 5) is 10.8. The number of rotatable bonds is 6. The maximum atomic E-state index is 12.6. The summed E-state index contributed by atoms with van der Waals surface area (Å²) in [5.41, 5.74) is 15.4. The first kappa shape index (κ1) is 46.9. The van der Waals surface area contributed by atoms with Gasteiger partial charge in [-0.05, 0) is 109 Å². The first-order valence-corrected chi connectivity index (χ1v) is 25.4. The number of para-hydroxylation sites is 2. The number of phenols is 1. The Morgan fingerprint density at radius 2 is 1.22 bits per heavy atom. The van der Waals surface area contributed by atoms with E-state index >= 15 is 0 Å². The molecule has 7 aromatic carbocycles. The predicted octanol–water partition coefficient (Wildman–Crippen LogP) is 17.0. The number of nitrogens with zero attached hydrogens (tertiary/aromatic N) is 3. The van der Waals surface area contributed by atoms with Gasteiger partial charge in [0.25, 0.3) is 0 Å². The van der Waals surface area contributed by atoms with Gasteiger partial charge >= 0.3 is 0 Å². The second-order valence-electron chi connectivity index (χ2n) is 24.0. The molecule has 2 unspecified atom stereocenters. The minimum absolute atomic E-state index is 0.0862. The van der Waals surface area contributed by atoms with Crippen molar-refractivity contribution in [3.63, 3.8) is 0 Å². The van der Waals surface area contributed by atoms with E-state index < -0.39 is 0 Å². The number of phenolic OH excluding ortho intramolecular Hbond substituents is 1. The Morgan fingerprint density at radius 1 is 0.528 bits per heavy atom. The molecule has 11 rings (SSSR count). The summed E-state index contributed by atoms with van der Waals surface area (Å²) in [5.74, 6) is 2.66. The molecule has 0 bridgehead atoms. The summed E-state index contributed by atoms with van der Waals surface area (Å²) in [6.45, 7) is 26.8. The number of pyridine rings is 1. The zero-order valence-corrected chi connectivity index (χ0v) is 43.8. The molecule has 0 aliphatic carbocycles. The van der Waals surface area contributed by atoms with Crippen molar-refractivity contribution in [2.45, 2.75) is 117 Å². The van der Waals surface area contributed by atoms with Gasteiger partial charge in [0, 0.05) is 51.0 Å². The van der Waals surface area contributed by atoms with E-state index in [9.17, 15) is 5.11 Å². The van der Waals surface area contributed by atoms with Gasteiger partial charge in [0.1, 0.15) is 23.1 Å². The van der Waals surface area contributed by atoms with Crippen LogP contribution in [0.2, 0.25) is 0 Å². The van der Waals surface area contributed by atoms with Gasteiger partial charge in [0.2, 0.25) is 0 Å². The van der Waals surface area contributed by atoms with Gasteiger partial charge in [-0.25, -0.2) is 4.98 Å². The molecule has 72 heavy (non-hydrogen) atoms. The lowest BCUT2D eigenvalue weighted by Crippen LogP contribution is -2.17. The lowest BCUT2D eigenvalue weighted by atomic mass is 9.79. The molecule has 2 aromatic heterocycles. The van der Waals surface area contributed by atoms with Crippen molar-refractivity contribution in [2.24, 2.45) is 0 Å². The maximum Gasteiger partial charge on any atom is 0.168 e. The van der Waals surface area contributed by atoms with E-state index in [0.29, 0.717) is 11.4 Å². The zero-order valence-electron chi connectivity index (χ0n) is 43.8. The molecule has 0 saturated heterocycles. The molecule has 6 heteroatoms. The Morgan fingerprint density at radius 3 is 1.96 bits per heavy atom. The third-order valence-electron chi connectivity index (χ3n) is 14.7. The van der Waals surface area contributed by atoms with Crippen LogP contribution >= 0.6 is 0 Å². The summed E-state index contributed by atoms with van der Waals surface area (Å²) < 4.78 is 15.1. The molecule has 2 aliphatic rings. The van der Waals surface area contributed by atoms with Crippen LogP contribution in [-0.2, 0) is 26.4 Å². The molecule has 1 N–H and O–H groups in total. The summed E-state index contributed by atoms with van der Waals surface area (Å²) in [6, 6.07) is 52.0. The van der Waals surface area contributed by atoms with Crippen LogP contribution in [-0.4, -0.2) is 25.7 Å². The van der Waals surface area contributed by atoms with Crippen LogP contribution in [0.3, 0.4) is 0 Å². The minimum Gasteiger partial charge on any atom is -0.507 e. The zero-order chi connectivity index (χ0) is 50.6. The van der Waals surface area contributed by atoms with E-state index in [1.165, 1.54) is 11.1 Å². The molecule has 0 fully saturated rings. The molecule has 0 amide bonds. The number of aromatic nitrogens is 3. The number of benzene rings is 7. The molecule has 362 valence electrons. The second kappa shape index (κ2) is 16.8. The average Bonchev–Trinajstić information content (AvgIpc) is 4.04. The first-order chi connectivity index (χ1) is 34.1. The van der Waals surface area contributed by atoms with E-state index in [1.807, 2.05) is 24.4 Å². The van der Waals surface area contributed by atoms with E-state index in [1.54, 1.807) is 0 Å². The van der Waals surface area contributed by atoms with Crippen molar-refractivity contribution in [1.29, 1.82) is 0 Å². The fourth-order valence-corrected chi connectivity index (χ4v) is 10.5. The molecule has 6 nitrogen and oxygen atoms in total. The average molecular weight is 948 g/mol. The summed E-state index contributed by atoms with van der Waals surface area (Å²) >= 11 is 0. The lowest BCUT2D eigenvalue weighted by molar-refractivity contribution is 0.121. The van der Waals surface area contributed by atoms with Crippen LogP contribution in [0.4, 0.5) is 0 Å². The molecule has 4 heterocycles. The monoisotopic (exact) mass is 948 g/mol. The molecule has 2 atom stereocenters. The van der Waals surface area contributed by atoms with Crippen molar-refractivity contribution >= 4 is 27.6 Å². The number of aromatic hydroxyl groups is 1. The number of imidazole rings is 1. The summed E-state index contributed by atoms with van der Waals surface area (Å²) in [6.07, 6.45) is 3.73. The molecule has 0 radical (unpaired) electrons. The normalized spacial score (nSPS) is 15.9. The van der Waals surface area contributed by atoms with Crippen LogP contribution in [0.25, 0.3) is 78.2 Å². The fraction of sp³-hybridized carbons (Fsp3) is 0.273. The van der Waals surface area contributed by atoms with E-state index in [0.717, 1.165) is 94.8 Å². The molecule has 0 saturated carbocycles. The molecule has 0 spiro atoms. The van der Waals surface area contributed by atoms with Gasteiger partial charge in [0.15, 0.2) is 12.2 Å². The van der Waals surface area contributed by atoms with Gasteiger partial charge in [-0.3, -0.25) is 9.55 Å². The van der Waals surface area contributed by atoms with Crippen LogP contribution in [0.5, 0.6) is 11.5 Å². The number of fused-ring (bicyclic) bond motifs is 5.